The Bertz CT molecular complexity index is 155. The molecule has 0 aromatic heterocycles. The highest BCUT2D eigenvalue weighted by molar-refractivity contribution is 4.96. The Labute approximate surface area is 74.1 Å². The van der Waals surface area contributed by atoms with Gasteiger partial charge in [0.2, 0.25) is 0 Å². The summed E-state index contributed by atoms with van der Waals surface area (Å²) in [6.07, 6.45) is 7.31. The molecule has 2 aliphatic rings. The molecule has 2 saturated carbocycles. The van der Waals surface area contributed by atoms with E-state index in [9.17, 15) is 5.11 Å². The van der Waals surface area contributed by atoms with Gasteiger partial charge in [-0.3, -0.25) is 0 Å². The van der Waals surface area contributed by atoms with Crippen molar-refractivity contribution in [3.63, 3.8) is 0 Å². The molecule has 0 aliphatic heterocycles. The number of hydrogen-bond donors (Lipinski definition) is 2. The molecule has 2 nitrogen and oxygen atoms in total. The van der Waals surface area contributed by atoms with Gasteiger partial charge in [-0.25, -0.2) is 0 Å². The van der Waals surface area contributed by atoms with Crippen molar-refractivity contribution in [2.24, 2.45) is 17.6 Å². The van der Waals surface area contributed by atoms with Gasteiger partial charge in [0.1, 0.15) is 0 Å². The van der Waals surface area contributed by atoms with Gasteiger partial charge in [-0.15, -0.1) is 0 Å². The lowest BCUT2D eigenvalue weighted by atomic mass is 9.82. The Morgan fingerprint density at radius 3 is 2.08 bits per heavy atom. The molecule has 0 bridgehead atoms. The number of hydrogen-bond acceptors (Lipinski definition) is 2. The molecule has 0 amide bonds. The van der Waals surface area contributed by atoms with Gasteiger partial charge in [0.15, 0.2) is 0 Å². The first-order valence-corrected chi connectivity index (χ1v) is 5.16. The summed E-state index contributed by atoms with van der Waals surface area (Å²) in [6.45, 7) is 0.458. The first-order chi connectivity index (χ1) is 5.73. The molecule has 2 unspecified atom stereocenters. The Morgan fingerprint density at radius 2 is 1.67 bits per heavy atom. The molecule has 2 aliphatic carbocycles. The highest BCUT2D eigenvalue weighted by Gasteiger charge is 2.43. The van der Waals surface area contributed by atoms with Crippen LogP contribution in [-0.2, 0) is 0 Å². The minimum absolute atomic E-state index is 0.458. The number of aliphatic hydroxyl groups is 1. The second-order valence-electron chi connectivity index (χ2n) is 4.64. The molecular formula is C10H19NO. The average Bonchev–Trinajstić information content (AvgIpc) is 2.42. The maximum Gasteiger partial charge on any atom is 0.0774 e. The minimum Gasteiger partial charge on any atom is -0.389 e. The van der Waals surface area contributed by atoms with Crippen LogP contribution in [0.5, 0.6) is 0 Å². The smallest absolute Gasteiger partial charge is 0.0774 e. The van der Waals surface area contributed by atoms with Gasteiger partial charge in [0.05, 0.1) is 5.60 Å². The average molecular weight is 169 g/mol. The SMILES string of the molecule is NCC1(O)CC2CCCCC2C1. The summed E-state index contributed by atoms with van der Waals surface area (Å²) in [5, 5.41) is 10.0. The molecule has 12 heavy (non-hydrogen) atoms. The lowest BCUT2D eigenvalue weighted by Crippen LogP contribution is -2.34. The lowest BCUT2D eigenvalue weighted by molar-refractivity contribution is 0.0503. The maximum absolute atomic E-state index is 10.0. The molecule has 0 spiro atoms. The third-order valence-electron chi connectivity index (χ3n) is 3.73. The second-order valence-corrected chi connectivity index (χ2v) is 4.64. The predicted molar refractivity (Wildman–Crippen MR) is 48.7 cm³/mol. The van der Waals surface area contributed by atoms with Crippen LogP contribution in [0.3, 0.4) is 0 Å². The van der Waals surface area contributed by atoms with E-state index in [1.54, 1.807) is 0 Å². The molecule has 3 N–H and O–H groups in total. The minimum atomic E-state index is -0.500. The summed E-state index contributed by atoms with van der Waals surface area (Å²) in [5.41, 5.74) is 5.07. The number of fused-ring (bicyclic) bond motifs is 1. The van der Waals surface area contributed by atoms with Crippen molar-refractivity contribution in [3.05, 3.63) is 0 Å². The predicted octanol–water partition coefficient (Wildman–Crippen LogP) is 1.28. The second kappa shape index (κ2) is 3.00. The Balaban J connectivity index is 2.02. The standard InChI is InChI=1S/C10H19NO/c11-7-10(12)5-8-3-1-2-4-9(8)6-10/h8-9,12H,1-7,11H2. The fourth-order valence-corrected chi connectivity index (χ4v) is 3.05. The van der Waals surface area contributed by atoms with E-state index < -0.39 is 5.60 Å². The van der Waals surface area contributed by atoms with Crippen LogP contribution < -0.4 is 5.73 Å². The van der Waals surface area contributed by atoms with E-state index in [4.69, 9.17) is 5.73 Å². The third-order valence-corrected chi connectivity index (χ3v) is 3.73. The molecule has 2 rings (SSSR count). The van der Waals surface area contributed by atoms with Crippen LogP contribution >= 0.6 is 0 Å². The van der Waals surface area contributed by atoms with Gasteiger partial charge < -0.3 is 10.8 Å². The van der Waals surface area contributed by atoms with Crippen molar-refractivity contribution in [1.82, 2.24) is 0 Å². The highest BCUT2D eigenvalue weighted by atomic mass is 16.3. The van der Waals surface area contributed by atoms with E-state index in [0.29, 0.717) is 6.54 Å². The summed E-state index contributed by atoms with van der Waals surface area (Å²) in [6, 6.07) is 0. The number of nitrogens with two attached hydrogens (primary N) is 1. The van der Waals surface area contributed by atoms with Crippen LogP contribution in [0.1, 0.15) is 38.5 Å². The van der Waals surface area contributed by atoms with Crippen molar-refractivity contribution >= 4 is 0 Å². The van der Waals surface area contributed by atoms with Crippen molar-refractivity contribution in [1.29, 1.82) is 0 Å². The Hall–Kier alpha value is -0.0800. The molecule has 2 fully saturated rings. The van der Waals surface area contributed by atoms with Crippen molar-refractivity contribution in [2.45, 2.75) is 44.1 Å². The summed E-state index contributed by atoms with van der Waals surface area (Å²) in [5.74, 6) is 1.57. The largest absolute Gasteiger partial charge is 0.389 e. The summed E-state index contributed by atoms with van der Waals surface area (Å²) in [4.78, 5) is 0. The van der Waals surface area contributed by atoms with E-state index in [0.717, 1.165) is 24.7 Å². The molecule has 0 aromatic carbocycles. The third kappa shape index (κ3) is 1.38. The summed E-state index contributed by atoms with van der Waals surface area (Å²) < 4.78 is 0. The van der Waals surface area contributed by atoms with E-state index >= 15 is 0 Å². The van der Waals surface area contributed by atoms with Crippen LogP contribution in [0.15, 0.2) is 0 Å². The van der Waals surface area contributed by atoms with Crippen molar-refractivity contribution < 1.29 is 5.11 Å². The van der Waals surface area contributed by atoms with E-state index in [-0.39, 0.29) is 0 Å². The van der Waals surface area contributed by atoms with E-state index in [1.807, 2.05) is 0 Å². The molecule has 2 heteroatoms. The Morgan fingerprint density at radius 1 is 1.17 bits per heavy atom. The first kappa shape index (κ1) is 8.52. The van der Waals surface area contributed by atoms with Crippen LogP contribution in [0.2, 0.25) is 0 Å². The van der Waals surface area contributed by atoms with Crippen LogP contribution in [0.4, 0.5) is 0 Å². The van der Waals surface area contributed by atoms with Crippen LogP contribution in [0, 0.1) is 11.8 Å². The maximum atomic E-state index is 10.0. The van der Waals surface area contributed by atoms with E-state index in [2.05, 4.69) is 0 Å². The van der Waals surface area contributed by atoms with Crippen LogP contribution in [-0.4, -0.2) is 17.3 Å². The van der Waals surface area contributed by atoms with Crippen molar-refractivity contribution in [3.8, 4) is 0 Å². The van der Waals surface area contributed by atoms with Crippen molar-refractivity contribution in [2.75, 3.05) is 6.54 Å². The normalized spacial score (nSPS) is 47.5. The molecule has 0 heterocycles. The fraction of sp³-hybridized carbons (Fsp3) is 1.00. The molecular weight excluding hydrogens is 150 g/mol. The first-order valence-electron chi connectivity index (χ1n) is 5.16. The quantitative estimate of drug-likeness (QED) is 0.621. The lowest BCUT2D eigenvalue weighted by Gasteiger charge is -2.23. The van der Waals surface area contributed by atoms with E-state index in [1.165, 1.54) is 25.7 Å². The van der Waals surface area contributed by atoms with Gasteiger partial charge in [-0.1, -0.05) is 25.7 Å². The summed E-state index contributed by atoms with van der Waals surface area (Å²) in [7, 11) is 0. The zero-order chi connectivity index (χ0) is 8.60. The molecule has 70 valence electrons. The van der Waals surface area contributed by atoms with Gasteiger partial charge in [0.25, 0.3) is 0 Å². The Kier molecular flexibility index (Phi) is 2.13. The topological polar surface area (TPSA) is 46.2 Å². The van der Waals surface area contributed by atoms with Crippen LogP contribution in [0.25, 0.3) is 0 Å². The highest BCUT2D eigenvalue weighted by Crippen LogP contribution is 2.46. The van der Waals surface area contributed by atoms with Gasteiger partial charge in [-0.2, -0.15) is 0 Å². The molecule has 0 radical (unpaired) electrons. The number of rotatable bonds is 1. The molecule has 0 aromatic rings. The zero-order valence-corrected chi connectivity index (χ0v) is 7.63. The van der Waals surface area contributed by atoms with Gasteiger partial charge in [-0.05, 0) is 24.7 Å². The monoisotopic (exact) mass is 169 g/mol. The molecule has 2 atom stereocenters. The fourth-order valence-electron chi connectivity index (χ4n) is 3.05. The zero-order valence-electron chi connectivity index (χ0n) is 7.63. The van der Waals surface area contributed by atoms with Gasteiger partial charge >= 0.3 is 0 Å². The van der Waals surface area contributed by atoms with Gasteiger partial charge in [0, 0.05) is 6.54 Å². The summed E-state index contributed by atoms with van der Waals surface area (Å²) >= 11 is 0. The molecule has 0 saturated heterocycles.